The van der Waals surface area contributed by atoms with Crippen LogP contribution >= 0.6 is 0 Å². The maximum absolute atomic E-state index is 11.6. The topological polar surface area (TPSA) is 58.6 Å². The van der Waals surface area contributed by atoms with E-state index in [2.05, 4.69) is 5.48 Å². The van der Waals surface area contributed by atoms with E-state index in [1.165, 1.54) is 38.2 Å². The second kappa shape index (κ2) is 7.70. The van der Waals surface area contributed by atoms with Crippen LogP contribution in [-0.4, -0.2) is 17.6 Å². The summed E-state index contributed by atoms with van der Waals surface area (Å²) in [5.41, 5.74) is 3.29. The van der Waals surface area contributed by atoms with Crippen LogP contribution in [0, 0.1) is 5.92 Å². The van der Waals surface area contributed by atoms with Crippen LogP contribution in [0.2, 0.25) is 0 Å². The molecule has 4 heteroatoms. The lowest BCUT2D eigenvalue weighted by molar-refractivity contribution is -0.129. The van der Waals surface area contributed by atoms with Crippen LogP contribution in [-0.2, 0) is 9.63 Å². The van der Waals surface area contributed by atoms with Gasteiger partial charge in [0.2, 0.25) is 0 Å². The van der Waals surface area contributed by atoms with Crippen LogP contribution in [0.25, 0.3) is 6.08 Å². The number of hydrogen-bond acceptors (Lipinski definition) is 3. The summed E-state index contributed by atoms with van der Waals surface area (Å²) in [5, 5.41) is 9.15. The average Bonchev–Trinajstić information content (AvgIpc) is 2.48. The number of benzene rings is 1. The summed E-state index contributed by atoms with van der Waals surface area (Å²) in [6.45, 7) is 0.596. The highest BCUT2D eigenvalue weighted by Crippen LogP contribution is 2.23. The predicted molar refractivity (Wildman–Crippen MR) is 77.8 cm³/mol. The van der Waals surface area contributed by atoms with Gasteiger partial charge in [-0.3, -0.25) is 9.63 Å². The molecule has 1 saturated carbocycles. The van der Waals surface area contributed by atoms with Crippen LogP contribution < -0.4 is 5.48 Å². The summed E-state index contributed by atoms with van der Waals surface area (Å²) in [4.78, 5) is 16.8. The third-order valence-electron chi connectivity index (χ3n) is 3.54. The Balaban J connectivity index is 1.68. The van der Waals surface area contributed by atoms with Gasteiger partial charge in [-0.25, -0.2) is 5.48 Å². The second-order valence-corrected chi connectivity index (χ2v) is 5.21. The molecule has 1 amide bonds. The fraction of sp³-hybridized carbons (Fsp3) is 0.438. The Morgan fingerprint density at radius 3 is 2.65 bits per heavy atom. The van der Waals surface area contributed by atoms with E-state index in [4.69, 9.17) is 9.94 Å². The van der Waals surface area contributed by atoms with Crippen LogP contribution in [0.4, 0.5) is 0 Å². The summed E-state index contributed by atoms with van der Waals surface area (Å²) < 4.78 is 0. The standard InChI is InChI=1S/C16H21NO3/c18-15-9-6-13(7-10-15)8-11-16(19)17-20-12-14-4-2-1-3-5-14/h6-11,14,18H,1-5,12H2,(H,17,19). The van der Waals surface area contributed by atoms with Crippen molar-refractivity contribution in [3.8, 4) is 5.75 Å². The van der Waals surface area contributed by atoms with Gasteiger partial charge in [-0.05, 0) is 42.5 Å². The summed E-state index contributed by atoms with van der Waals surface area (Å²) in [5.74, 6) is 0.515. The molecule has 2 rings (SSSR count). The molecule has 0 bridgehead atoms. The number of carbonyl (C=O) groups is 1. The molecule has 0 atom stereocenters. The van der Waals surface area contributed by atoms with E-state index in [1.807, 2.05) is 0 Å². The molecular weight excluding hydrogens is 254 g/mol. The number of amides is 1. The van der Waals surface area contributed by atoms with Crippen LogP contribution in [0.3, 0.4) is 0 Å². The highest BCUT2D eigenvalue weighted by Gasteiger charge is 2.13. The smallest absolute Gasteiger partial charge is 0.267 e. The predicted octanol–water partition coefficient (Wildman–Crippen LogP) is 3.03. The number of phenolic OH excluding ortho intramolecular Hbond substituents is 1. The molecule has 0 radical (unpaired) electrons. The summed E-state index contributed by atoms with van der Waals surface area (Å²) in [7, 11) is 0. The van der Waals surface area contributed by atoms with Gasteiger partial charge >= 0.3 is 0 Å². The minimum atomic E-state index is -0.270. The molecule has 1 aliphatic carbocycles. The first-order chi connectivity index (χ1) is 9.74. The highest BCUT2D eigenvalue weighted by molar-refractivity contribution is 5.90. The quantitative estimate of drug-likeness (QED) is 0.641. The van der Waals surface area contributed by atoms with Crippen molar-refractivity contribution in [2.75, 3.05) is 6.61 Å². The largest absolute Gasteiger partial charge is 0.508 e. The normalized spacial score (nSPS) is 16.4. The van der Waals surface area contributed by atoms with Gasteiger partial charge in [0.1, 0.15) is 5.75 Å². The van der Waals surface area contributed by atoms with Crippen molar-refractivity contribution in [1.29, 1.82) is 0 Å². The first kappa shape index (κ1) is 14.6. The first-order valence-corrected chi connectivity index (χ1v) is 7.13. The molecule has 1 aromatic carbocycles. The molecule has 0 heterocycles. The fourth-order valence-electron chi connectivity index (χ4n) is 2.38. The van der Waals surface area contributed by atoms with Crippen LogP contribution in [0.15, 0.2) is 30.3 Å². The Morgan fingerprint density at radius 1 is 1.25 bits per heavy atom. The molecular formula is C16H21NO3. The Morgan fingerprint density at radius 2 is 1.95 bits per heavy atom. The minimum Gasteiger partial charge on any atom is -0.508 e. The number of hydroxylamine groups is 1. The summed E-state index contributed by atoms with van der Waals surface area (Å²) in [6, 6.07) is 6.64. The van der Waals surface area contributed by atoms with Gasteiger partial charge < -0.3 is 5.11 Å². The molecule has 0 saturated heterocycles. The maximum atomic E-state index is 11.6. The zero-order valence-corrected chi connectivity index (χ0v) is 11.5. The van der Waals surface area contributed by atoms with Gasteiger partial charge in [0.05, 0.1) is 6.61 Å². The van der Waals surface area contributed by atoms with Gasteiger partial charge in [-0.2, -0.15) is 0 Å². The molecule has 2 N–H and O–H groups in total. The van der Waals surface area contributed by atoms with Crippen LogP contribution in [0.5, 0.6) is 5.75 Å². The van der Waals surface area contributed by atoms with Gasteiger partial charge in [0, 0.05) is 6.08 Å². The number of rotatable bonds is 5. The summed E-state index contributed by atoms with van der Waals surface area (Å²) in [6.07, 6.45) is 9.34. The Bertz CT molecular complexity index is 447. The van der Waals surface area contributed by atoms with E-state index in [0.717, 1.165) is 5.56 Å². The van der Waals surface area contributed by atoms with Crippen molar-refractivity contribution in [3.05, 3.63) is 35.9 Å². The van der Waals surface area contributed by atoms with Gasteiger partial charge in [0.25, 0.3) is 5.91 Å². The van der Waals surface area contributed by atoms with Crippen molar-refractivity contribution < 1.29 is 14.7 Å². The second-order valence-electron chi connectivity index (χ2n) is 5.21. The number of hydrogen-bond donors (Lipinski definition) is 2. The third-order valence-corrected chi connectivity index (χ3v) is 3.54. The maximum Gasteiger partial charge on any atom is 0.267 e. The van der Waals surface area contributed by atoms with Crippen molar-refractivity contribution in [3.63, 3.8) is 0 Å². The van der Waals surface area contributed by atoms with E-state index < -0.39 is 0 Å². The molecule has 1 aliphatic rings. The Labute approximate surface area is 119 Å². The van der Waals surface area contributed by atoms with Gasteiger partial charge in [0.15, 0.2) is 0 Å². The molecule has 4 nitrogen and oxygen atoms in total. The molecule has 1 aromatic rings. The van der Waals surface area contributed by atoms with Gasteiger partial charge in [-0.1, -0.05) is 31.4 Å². The molecule has 108 valence electrons. The Hall–Kier alpha value is -1.81. The van der Waals surface area contributed by atoms with Crippen molar-refractivity contribution in [2.24, 2.45) is 5.92 Å². The lowest BCUT2D eigenvalue weighted by Crippen LogP contribution is -2.25. The monoisotopic (exact) mass is 275 g/mol. The molecule has 1 fully saturated rings. The zero-order chi connectivity index (χ0) is 14.2. The number of phenols is 1. The lowest BCUT2D eigenvalue weighted by Gasteiger charge is -2.20. The third kappa shape index (κ3) is 5.05. The summed E-state index contributed by atoms with van der Waals surface area (Å²) >= 11 is 0. The SMILES string of the molecule is O=C(C=Cc1ccc(O)cc1)NOCC1CCCCC1. The van der Waals surface area contributed by atoms with E-state index in [-0.39, 0.29) is 11.7 Å². The fourth-order valence-corrected chi connectivity index (χ4v) is 2.38. The van der Waals surface area contributed by atoms with Gasteiger partial charge in [-0.15, -0.1) is 0 Å². The molecule has 0 aliphatic heterocycles. The first-order valence-electron chi connectivity index (χ1n) is 7.13. The van der Waals surface area contributed by atoms with E-state index in [9.17, 15) is 4.79 Å². The lowest BCUT2D eigenvalue weighted by atomic mass is 9.90. The van der Waals surface area contributed by atoms with Crippen LogP contribution in [0.1, 0.15) is 37.7 Å². The number of carbonyl (C=O) groups excluding carboxylic acids is 1. The highest BCUT2D eigenvalue weighted by atomic mass is 16.6. The van der Waals surface area contributed by atoms with E-state index >= 15 is 0 Å². The molecule has 0 unspecified atom stereocenters. The van der Waals surface area contributed by atoms with Crippen molar-refractivity contribution >= 4 is 12.0 Å². The van der Waals surface area contributed by atoms with E-state index in [0.29, 0.717) is 12.5 Å². The molecule has 20 heavy (non-hydrogen) atoms. The number of aromatic hydroxyl groups is 1. The zero-order valence-electron chi connectivity index (χ0n) is 11.5. The van der Waals surface area contributed by atoms with E-state index in [1.54, 1.807) is 30.3 Å². The molecule has 0 aromatic heterocycles. The Kier molecular flexibility index (Phi) is 5.62. The molecule has 0 spiro atoms. The van der Waals surface area contributed by atoms with Crippen molar-refractivity contribution in [1.82, 2.24) is 5.48 Å². The minimum absolute atomic E-state index is 0.211. The van der Waals surface area contributed by atoms with Crippen molar-refractivity contribution in [2.45, 2.75) is 32.1 Å². The number of nitrogens with one attached hydrogen (secondary N) is 1. The average molecular weight is 275 g/mol.